The number of anilines is 2. The summed E-state index contributed by atoms with van der Waals surface area (Å²) in [6.07, 6.45) is 1.14. The maximum absolute atomic E-state index is 13.7. The fourth-order valence-corrected chi connectivity index (χ4v) is 5.55. The molecule has 0 heterocycles. The van der Waals surface area contributed by atoms with Crippen molar-refractivity contribution in [2.45, 2.75) is 34.6 Å². The standard InChI is InChI=1S/C29H33Cl3N4O3S/c1-7-36(11-10-33-40(6,38)39)21-8-9-25(18(3)14-21)34-28(27-19(4)12-17(2)13-20(27)5)29(37)35-26-16-23(31)22(30)15-24(26)32/h8-9,12-16,33H,7,10-11H2,1-6H3,(H,35,37). The van der Waals surface area contributed by atoms with E-state index in [0.29, 0.717) is 31.0 Å². The van der Waals surface area contributed by atoms with Crippen LogP contribution in [0.2, 0.25) is 15.1 Å². The molecule has 0 aliphatic heterocycles. The normalized spacial score (nSPS) is 12.0. The van der Waals surface area contributed by atoms with E-state index >= 15 is 0 Å². The summed E-state index contributed by atoms with van der Waals surface area (Å²) in [6, 6.07) is 12.8. The van der Waals surface area contributed by atoms with Crippen LogP contribution in [0.1, 0.15) is 34.7 Å². The fourth-order valence-electron chi connectivity index (χ4n) is 4.49. The molecule has 0 aliphatic rings. The van der Waals surface area contributed by atoms with E-state index < -0.39 is 15.9 Å². The van der Waals surface area contributed by atoms with Gasteiger partial charge in [-0.2, -0.15) is 0 Å². The molecule has 11 heteroatoms. The number of likely N-dealkylation sites (N-methyl/N-ethyl adjacent to an activating group) is 1. The molecule has 0 saturated carbocycles. The first kappa shape index (κ1) is 31.9. The second-order valence-electron chi connectivity index (χ2n) is 9.65. The highest BCUT2D eigenvalue weighted by Gasteiger charge is 2.21. The molecule has 0 aromatic heterocycles. The maximum atomic E-state index is 13.7. The molecule has 0 aliphatic carbocycles. The minimum Gasteiger partial charge on any atom is -0.370 e. The van der Waals surface area contributed by atoms with E-state index in [9.17, 15) is 13.2 Å². The van der Waals surface area contributed by atoms with Gasteiger partial charge in [-0.25, -0.2) is 18.1 Å². The molecular formula is C29H33Cl3N4O3S. The van der Waals surface area contributed by atoms with E-state index in [1.807, 2.05) is 65.0 Å². The molecule has 7 nitrogen and oxygen atoms in total. The van der Waals surface area contributed by atoms with Crippen LogP contribution in [0.4, 0.5) is 17.1 Å². The Bertz CT molecular complexity index is 1550. The minimum absolute atomic E-state index is 0.234. The van der Waals surface area contributed by atoms with Crippen LogP contribution < -0.4 is 14.9 Å². The number of sulfonamides is 1. The third kappa shape index (κ3) is 8.21. The van der Waals surface area contributed by atoms with Crippen LogP contribution in [-0.4, -0.2) is 45.9 Å². The van der Waals surface area contributed by atoms with Crippen molar-refractivity contribution in [2.75, 3.05) is 36.1 Å². The van der Waals surface area contributed by atoms with Gasteiger partial charge in [0.15, 0.2) is 0 Å². The highest BCUT2D eigenvalue weighted by atomic mass is 35.5. The van der Waals surface area contributed by atoms with E-state index in [2.05, 4.69) is 14.9 Å². The first-order chi connectivity index (χ1) is 18.7. The number of amides is 1. The van der Waals surface area contributed by atoms with Crippen molar-refractivity contribution in [1.82, 2.24) is 4.72 Å². The van der Waals surface area contributed by atoms with Crippen LogP contribution in [0.5, 0.6) is 0 Å². The molecular weight excluding hydrogens is 591 g/mol. The molecule has 40 heavy (non-hydrogen) atoms. The Morgan fingerprint density at radius 3 is 2.10 bits per heavy atom. The van der Waals surface area contributed by atoms with Gasteiger partial charge in [-0.3, -0.25) is 4.79 Å². The minimum atomic E-state index is -3.27. The molecule has 0 bridgehead atoms. The lowest BCUT2D eigenvalue weighted by atomic mass is 9.95. The van der Waals surface area contributed by atoms with Gasteiger partial charge < -0.3 is 10.2 Å². The summed E-state index contributed by atoms with van der Waals surface area (Å²) in [6.45, 7) is 11.3. The highest BCUT2D eigenvalue weighted by molar-refractivity contribution is 7.88. The molecule has 0 fully saturated rings. The third-order valence-electron chi connectivity index (χ3n) is 6.29. The molecule has 0 spiro atoms. The van der Waals surface area contributed by atoms with Crippen LogP contribution in [-0.2, 0) is 14.8 Å². The monoisotopic (exact) mass is 622 g/mol. The zero-order valence-corrected chi connectivity index (χ0v) is 26.4. The van der Waals surface area contributed by atoms with Crippen LogP contribution in [0.3, 0.4) is 0 Å². The van der Waals surface area contributed by atoms with Crippen molar-refractivity contribution in [3.63, 3.8) is 0 Å². The number of halogens is 3. The van der Waals surface area contributed by atoms with Gasteiger partial charge >= 0.3 is 0 Å². The lowest BCUT2D eigenvalue weighted by Gasteiger charge is -2.24. The Kier molecular flexibility index (Phi) is 10.7. The molecule has 3 aromatic carbocycles. The third-order valence-corrected chi connectivity index (χ3v) is 8.06. The summed E-state index contributed by atoms with van der Waals surface area (Å²) in [7, 11) is -3.27. The van der Waals surface area contributed by atoms with Crippen molar-refractivity contribution in [2.24, 2.45) is 4.99 Å². The van der Waals surface area contributed by atoms with Crippen molar-refractivity contribution >= 4 is 73.5 Å². The summed E-state index contributed by atoms with van der Waals surface area (Å²) in [4.78, 5) is 20.7. The number of aryl methyl sites for hydroxylation is 4. The molecule has 2 N–H and O–H groups in total. The average molecular weight is 624 g/mol. The fraction of sp³-hybridized carbons (Fsp3) is 0.310. The molecule has 0 unspecified atom stereocenters. The van der Waals surface area contributed by atoms with Gasteiger partial charge in [0.1, 0.15) is 5.71 Å². The molecule has 214 valence electrons. The van der Waals surface area contributed by atoms with E-state index in [1.54, 1.807) is 0 Å². The topological polar surface area (TPSA) is 90.9 Å². The SMILES string of the molecule is CCN(CCNS(C)(=O)=O)c1ccc(N=C(C(=O)Nc2cc(Cl)c(Cl)cc2Cl)c2c(C)cc(C)cc2C)c(C)c1. The van der Waals surface area contributed by atoms with E-state index in [0.717, 1.165) is 39.8 Å². The molecule has 3 aromatic rings. The number of rotatable bonds is 10. The Labute approximate surface area is 251 Å². The van der Waals surface area contributed by atoms with Crippen molar-refractivity contribution in [3.05, 3.63) is 85.3 Å². The van der Waals surface area contributed by atoms with Crippen LogP contribution in [0, 0.1) is 27.7 Å². The molecule has 3 rings (SSSR count). The lowest BCUT2D eigenvalue weighted by molar-refractivity contribution is -0.110. The van der Waals surface area contributed by atoms with Gasteiger partial charge in [0, 0.05) is 30.9 Å². The molecule has 1 amide bonds. The molecule has 0 saturated heterocycles. The Balaban J connectivity index is 2.04. The summed E-state index contributed by atoms with van der Waals surface area (Å²) in [5, 5.41) is 3.66. The highest BCUT2D eigenvalue weighted by Crippen LogP contribution is 2.33. The van der Waals surface area contributed by atoms with Gasteiger partial charge in [-0.05, 0) is 81.6 Å². The number of aliphatic imine (C=N–C) groups is 1. The largest absolute Gasteiger partial charge is 0.370 e. The van der Waals surface area contributed by atoms with Gasteiger partial charge in [-0.15, -0.1) is 0 Å². The summed E-state index contributed by atoms with van der Waals surface area (Å²) in [5.41, 5.74) is 6.59. The number of hydrogen-bond donors (Lipinski definition) is 2. The Morgan fingerprint density at radius 1 is 0.900 bits per heavy atom. The maximum Gasteiger partial charge on any atom is 0.274 e. The number of hydrogen-bond acceptors (Lipinski definition) is 5. The Hall–Kier alpha value is -2.62. The predicted molar refractivity (Wildman–Crippen MR) is 169 cm³/mol. The number of carbonyl (C=O) groups is 1. The first-order valence-corrected chi connectivity index (χ1v) is 15.7. The van der Waals surface area contributed by atoms with E-state index in [-0.39, 0.29) is 20.8 Å². The number of carbonyl (C=O) groups excluding carboxylic acids is 1. The van der Waals surface area contributed by atoms with E-state index in [4.69, 9.17) is 39.8 Å². The zero-order chi connectivity index (χ0) is 29.8. The van der Waals surface area contributed by atoms with Gasteiger partial charge in [-0.1, -0.05) is 52.5 Å². The van der Waals surface area contributed by atoms with Gasteiger partial charge in [0.25, 0.3) is 5.91 Å². The quantitative estimate of drug-likeness (QED) is 0.188. The summed E-state index contributed by atoms with van der Waals surface area (Å²) in [5.74, 6) is -0.444. The predicted octanol–water partition coefficient (Wildman–Crippen LogP) is 7.02. The van der Waals surface area contributed by atoms with Gasteiger partial charge in [0.2, 0.25) is 10.0 Å². The average Bonchev–Trinajstić information content (AvgIpc) is 2.84. The lowest BCUT2D eigenvalue weighted by Crippen LogP contribution is -2.34. The van der Waals surface area contributed by atoms with Crippen molar-refractivity contribution < 1.29 is 13.2 Å². The van der Waals surface area contributed by atoms with Crippen molar-refractivity contribution in [1.29, 1.82) is 0 Å². The number of nitrogens with zero attached hydrogens (tertiary/aromatic N) is 2. The zero-order valence-electron chi connectivity index (χ0n) is 23.3. The molecule has 0 radical (unpaired) electrons. The number of benzene rings is 3. The van der Waals surface area contributed by atoms with Crippen LogP contribution in [0.15, 0.2) is 47.5 Å². The summed E-state index contributed by atoms with van der Waals surface area (Å²) < 4.78 is 25.4. The van der Waals surface area contributed by atoms with Crippen LogP contribution >= 0.6 is 34.8 Å². The van der Waals surface area contributed by atoms with E-state index in [1.165, 1.54) is 12.1 Å². The van der Waals surface area contributed by atoms with Gasteiger partial charge in [0.05, 0.1) is 32.7 Å². The second-order valence-corrected chi connectivity index (χ2v) is 12.7. The smallest absolute Gasteiger partial charge is 0.274 e. The number of nitrogens with one attached hydrogen (secondary N) is 2. The molecule has 0 atom stereocenters. The second kappa shape index (κ2) is 13.4. The summed E-state index contributed by atoms with van der Waals surface area (Å²) >= 11 is 18.6. The Morgan fingerprint density at radius 2 is 1.52 bits per heavy atom. The first-order valence-electron chi connectivity index (χ1n) is 12.6. The van der Waals surface area contributed by atoms with Crippen molar-refractivity contribution in [3.8, 4) is 0 Å². The van der Waals surface area contributed by atoms with Crippen LogP contribution in [0.25, 0.3) is 0 Å².